The summed E-state index contributed by atoms with van der Waals surface area (Å²) in [6.07, 6.45) is 1.85. The summed E-state index contributed by atoms with van der Waals surface area (Å²) in [7, 11) is 0. The van der Waals surface area contributed by atoms with E-state index >= 15 is 0 Å². The maximum absolute atomic E-state index is 9.77. The van der Waals surface area contributed by atoms with Crippen molar-refractivity contribution in [3.8, 4) is 5.75 Å². The smallest absolute Gasteiger partial charge is 0.144 e. The molecule has 0 aliphatic rings. The first-order chi connectivity index (χ1) is 6.57. The Kier molecular flexibility index (Phi) is 4.00. The number of benzene rings is 1. The van der Waals surface area contributed by atoms with Crippen molar-refractivity contribution in [2.24, 2.45) is 5.73 Å². The highest BCUT2D eigenvalue weighted by Gasteiger charge is 2.13. The summed E-state index contributed by atoms with van der Waals surface area (Å²) < 4.78 is 0.854. The number of nitrogen functional groups attached to an aromatic ring is 1. The zero-order chi connectivity index (χ0) is 10.7. The van der Waals surface area contributed by atoms with Crippen LogP contribution in [0, 0.1) is 3.57 Å². The summed E-state index contributed by atoms with van der Waals surface area (Å²) in [4.78, 5) is 0. The highest BCUT2D eigenvalue weighted by molar-refractivity contribution is 14.1. The van der Waals surface area contributed by atoms with Crippen LogP contribution in [0.4, 0.5) is 5.69 Å². The topological polar surface area (TPSA) is 72.3 Å². The van der Waals surface area contributed by atoms with E-state index in [9.17, 15) is 5.11 Å². The lowest BCUT2D eigenvalue weighted by Crippen LogP contribution is -2.10. The van der Waals surface area contributed by atoms with E-state index in [-0.39, 0.29) is 11.8 Å². The first-order valence-electron chi connectivity index (χ1n) is 4.60. The van der Waals surface area contributed by atoms with Crippen LogP contribution in [0.2, 0.25) is 0 Å². The van der Waals surface area contributed by atoms with Crippen LogP contribution in [0.15, 0.2) is 12.1 Å². The first kappa shape index (κ1) is 11.6. The minimum atomic E-state index is -0.126. The number of nitrogens with two attached hydrogens (primary N) is 2. The number of hydrogen-bond acceptors (Lipinski definition) is 3. The maximum Gasteiger partial charge on any atom is 0.144 e. The number of phenols is 1. The van der Waals surface area contributed by atoms with Gasteiger partial charge >= 0.3 is 0 Å². The van der Waals surface area contributed by atoms with E-state index in [1.807, 2.05) is 12.1 Å². The molecule has 1 aromatic rings. The average Bonchev–Trinajstić information content (AvgIpc) is 2.15. The van der Waals surface area contributed by atoms with Crippen molar-refractivity contribution in [1.29, 1.82) is 0 Å². The van der Waals surface area contributed by atoms with Crippen LogP contribution in [-0.4, -0.2) is 5.11 Å². The Balaban J connectivity index is 3.04. The van der Waals surface area contributed by atoms with Crippen molar-refractivity contribution in [2.45, 2.75) is 25.8 Å². The van der Waals surface area contributed by atoms with E-state index in [4.69, 9.17) is 11.5 Å². The summed E-state index contributed by atoms with van der Waals surface area (Å²) in [5.41, 5.74) is 12.8. The third-order valence-electron chi connectivity index (χ3n) is 2.19. The molecule has 0 fully saturated rings. The van der Waals surface area contributed by atoms with E-state index in [0.717, 1.165) is 22.0 Å². The number of hydrogen-bond donors (Lipinski definition) is 3. The number of phenolic OH excluding ortho intramolecular Hbond substituents is 1. The van der Waals surface area contributed by atoms with Crippen LogP contribution in [0.25, 0.3) is 0 Å². The zero-order valence-corrected chi connectivity index (χ0v) is 10.3. The van der Waals surface area contributed by atoms with Gasteiger partial charge in [0.05, 0.1) is 5.69 Å². The Morgan fingerprint density at radius 2 is 2.14 bits per heavy atom. The van der Waals surface area contributed by atoms with Gasteiger partial charge in [0.1, 0.15) is 5.75 Å². The fourth-order valence-corrected chi connectivity index (χ4v) is 1.80. The van der Waals surface area contributed by atoms with E-state index in [1.165, 1.54) is 0 Å². The van der Waals surface area contributed by atoms with Gasteiger partial charge in [-0.3, -0.25) is 0 Å². The van der Waals surface area contributed by atoms with Crippen LogP contribution in [0.1, 0.15) is 31.4 Å². The van der Waals surface area contributed by atoms with E-state index < -0.39 is 0 Å². The second kappa shape index (κ2) is 4.84. The monoisotopic (exact) mass is 306 g/mol. The Morgan fingerprint density at radius 1 is 1.50 bits per heavy atom. The molecule has 4 heteroatoms. The van der Waals surface area contributed by atoms with E-state index in [2.05, 4.69) is 29.5 Å². The molecule has 0 aromatic heterocycles. The molecule has 0 aliphatic carbocycles. The highest BCUT2D eigenvalue weighted by atomic mass is 127. The molecule has 0 saturated heterocycles. The zero-order valence-electron chi connectivity index (χ0n) is 8.13. The largest absolute Gasteiger partial charge is 0.505 e. The number of aromatic hydroxyl groups is 1. The molecule has 0 heterocycles. The normalized spacial score (nSPS) is 12.8. The lowest BCUT2D eigenvalue weighted by atomic mass is 10.0. The van der Waals surface area contributed by atoms with Crippen LogP contribution >= 0.6 is 22.6 Å². The van der Waals surface area contributed by atoms with Crippen LogP contribution in [0.3, 0.4) is 0 Å². The fraction of sp³-hybridized carbons (Fsp3) is 0.400. The van der Waals surface area contributed by atoms with Crippen LogP contribution < -0.4 is 11.5 Å². The Bertz CT molecular complexity index is 328. The summed E-state index contributed by atoms with van der Waals surface area (Å²) in [5, 5.41) is 9.77. The summed E-state index contributed by atoms with van der Waals surface area (Å²) in [5.74, 6) is 0.137. The van der Waals surface area contributed by atoms with Gasteiger partial charge in [-0.2, -0.15) is 0 Å². The van der Waals surface area contributed by atoms with Crippen molar-refractivity contribution in [1.82, 2.24) is 0 Å². The predicted octanol–water partition coefficient (Wildman–Crippen LogP) is 2.38. The molecule has 0 unspecified atom stereocenters. The molecule has 5 N–H and O–H groups in total. The highest BCUT2D eigenvalue weighted by Crippen LogP contribution is 2.33. The lowest BCUT2D eigenvalue weighted by molar-refractivity contribution is 0.460. The van der Waals surface area contributed by atoms with E-state index in [0.29, 0.717) is 5.69 Å². The molecule has 0 saturated carbocycles. The molecular weight excluding hydrogens is 291 g/mol. The van der Waals surface area contributed by atoms with Gasteiger partial charge in [0.25, 0.3) is 0 Å². The van der Waals surface area contributed by atoms with Gasteiger partial charge in [-0.15, -0.1) is 0 Å². The van der Waals surface area contributed by atoms with Crippen molar-refractivity contribution in [2.75, 3.05) is 5.73 Å². The summed E-state index contributed by atoms with van der Waals surface area (Å²) >= 11 is 2.09. The maximum atomic E-state index is 9.77. The molecule has 0 aliphatic heterocycles. The third kappa shape index (κ3) is 2.30. The Hall–Kier alpha value is -0.490. The van der Waals surface area contributed by atoms with Gasteiger partial charge in [-0.25, -0.2) is 0 Å². The standard InChI is InChI=1S/C10H15IN2O/c1-2-3-8(12)6-4-5-7(11)9(13)10(6)14/h4-5,8,14H,2-3,12-13H2,1H3/t8-/m0/s1. The van der Waals surface area contributed by atoms with Crippen molar-refractivity contribution >= 4 is 28.3 Å². The molecule has 3 nitrogen and oxygen atoms in total. The predicted molar refractivity (Wildman–Crippen MR) is 67.1 cm³/mol. The van der Waals surface area contributed by atoms with Crippen LogP contribution in [0.5, 0.6) is 5.75 Å². The third-order valence-corrected chi connectivity index (χ3v) is 3.13. The molecule has 78 valence electrons. The Labute approximate surface area is 97.6 Å². The molecule has 1 atom stereocenters. The quantitative estimate of drug-likeness (QED) is 0.456. The fourth-order valence-electron chi connectivity index (χ4n) is 1.37. The first-order valence-corrected chi connectivity index (χ1v) is 5.68. The van der Waals surface area contributed by atoms with Gasteiger partial charge in [-0.05, 0) is 35.1 Å². The van der Waals surface area contributed by atoms with E-state index in [1.54, 1.807) is 0 Å². The van der Waals surface area contributed by atoms with Gasteiger partial charge in [0.15, 0.2) is 0 Å². The van der Waals surface area contributed by atoms with Crippen LogP contribution in [-0.2, 0) is 0 Å². The second-order valence-corrected chi connectivity index (χ2v) is 4.46. The van der Waals surface area contributed by atoms with Crippen molar-refractivity contribution < 1.29 is 5.11 Å². The molecule has 1 aromatic carbocycles. The number of halogens is 1. The number of rotatable bonds is 3. The van der Waals surface area contributed by atoms with Gasteiger partial charge < -0.3 is 16.6 Å². The van der Waals surface area contributed by atoms with Gasteiger partial charge in [-0.1, -0.05) is 19.4 Å². The molecule has 1 rings (SSSR count). The van der Waals surface area contributed by atoms with Crippen molar-refractivity contribution in [3.63, 3.8) is 0 Å². The van der Waals surface area contributed by atoms with Gasteiger partial charge in [0, 0.05) is 15.2 Å². The molecule has 0 bridgehead atoms. The van der Waals surface area contributed by atoms with Gasteiger partial charge in [0.2, 0.25) is 0 Å². The average molecular weight is 306 g/mol. The lowest BCUT2D eigenvalue weighted by Gasteiger charge is -2.14. The molecule has 14 heavy (non-hydrogen) atoms. The summed E-state index contributed by atoms with van der Waals surface area (Å²) in [6.45, 7) is 2.06. The number of anilines is 1. The van der Waals surface area contributed by atoms with Crippen molar-refractivity contribution in [3.05, 3.63) is 21.3 Å². The molecular formula is C10H15IN2O. The molecule has 0 amide bonds. The second-order valence-electron chi connectivity index (χ2n) is 3.29. The minimum absolute atomic E-state index is 0.126. The summed E-state index contributed by atoms with van der Waals surface area (Å²) in [6, 6.07) is 3.59. The molecule has 0 spiro atoms. The Morgan fingerprint density at radius 3 is 2.71 bits per heavy atom. The molecule has 0 radical (unpaired) electrons. The SMILES string of the molecule is CCC[C@H](N)c1ccc(I)c(N)c1O. The minimum Gasteiger partial charge on any atom is -0.505 e.